The maximum absolute atomic E-state index is 11.6. The van der Waals surface area contributed by atoms with Crippen molar-refractivity contribution >= 4 is 11.6 Å². The molecular formula is C12H15N5O. The number of aromatic nitrogens is 4. The van der Waals surface area contributed by atoms with Crippen molar-refractivity contribution in [2.24, 2.45) is 5.92 Å². The molecule has 0 aliphatic rings. The number of carbonyl (C=O) groups is 1. The van der Waals surface area contributed by atoms with Crippen LogP contribution in [-0.4, -0.2) is 26.1 Å². The molecule has 0 fully saturated rings. The molecule has 6 heteroatoms. The van der Waals surface area contributed by atoms with Gasteiger partial charge < -0.3 is 5.32 Å². The van der Waals surface area contributed by atoms with Gasteiger partial charge in [0.05, 0.1) is 5.69 Å². The smallest absolute Gasteiger partial charge is 0.226 e. The quantitative estimate of drug-likeness (QED) is 0.890. The summed E-state index contributed by atoms with van der Waals surface area (Å²) in [4.78, 5) is 11.6. The molecule has 0 saturated carbocycles. The first-order chi connectivity index (χ1) is 8.58. The van der Waals surface area contributed by atoms with Gasteiger partial charge in [-0.25, -0.2) is 4.68 Å². The highest BCUT2D eigenvalue weighted by Crippen LogP contribution is 2.18. The number of anilines is 1. The van der Waals surface area contributed by atoms with Crippen LogP contribution in [0.1, 0.15) is 19.4 Å². The molecule has 18 heavy (non-hydrogen) atoms. The normalized spacial score (nSPS) is 10.7. The number of amides is 1. The third-order valence-electron chi connectivity index (χ3n) is 2.58. The topological polar surface area (TPSA) is 72.7 Å². The van der Waals surface area contributed by atoms with Crippen LogP contribution in [0.4, 0.5) is 5.69 Å². The zero-order chi connectivity index (χ0) is 13.1. The standard InChI is InChI=1S/C12H15N5O/c1-8(2)12(18)14-10-4-5-11(9(3)6-10)17-7-13-15-16-17/h4-8H,1-3H3,(H,14,18). The minimum absolute atomic E-state index is 0.00423. The molecule has 2 rings (SSSR count). The first-order valence-corrected chi connectivity index (χ1v) is 5.73. The Hall–Kier alpha value is -2.24. The third-order valence-corrected chi connectivity index (χ3v) is 2.58. The molecule has 1 amide bonds. The fourth-order valence-electron chi connectivity index (χ4n) is 1.55. The van der Waals surface area contributed by atoms with Gasteiger partial charge in [-0.05, 0) is 41.1 Å². The summed E-state index contributed by atoms with van der Waals surface area (Å²) in [7, 11) is 0. The second kappa shape index (κ2) is 4.95. The van der Waals surface area contributed by atoms with E-state index in [2.05, 4.69) is 20.8 Å². The molecule has 0 unspecified atom stereocenters. The molecule has 0 aliphatic carbocycles. The molecule has 6 nitrogen and oxygen atoms in total. The van der Waals surface area contributed by atoms with Crippen LogP contribution < -0.4 is 5.32 Å². The molecule has 0 atom stereocenters. The van der Waals surface area contributed by atoms with Crippen molar-refractivity contribution in [3.8, 4) is 5.69 Å². The number of aryl methyl sites for hydroxylation is 1. The summed E-state index contributed by atoms with van der Waals surface area (Å²) in [5.41, 5.74) is 2.66. The van der Waals surface area contributed by atoms with Crippen molar-refractivity contribution < 1.29 is 4.79 Å². The largest absolute Gasteiger partial charge is 0.326 e. The van der Waals surface area contributed by atoms with E-state index in [0.29, 0.717) is 0 Å². The van der Waals surface area contributed by atoms with Crippen LogP contribution in [0.25, 0.3) is 5.69 Å². The Labute approximate surface area is 105 Å². The van der Waals surface area contributed by atoms with Crippen molar-refractivity contribution in [3.63, 3.8) is 0 Å². The fourth-order valence-corrected chi connectivity index (χ4v) is 1.55. The minimum Gasteiger partial charge on any atom is -0.326 e. The molecule has 0 bridgehead atoms. The Kier molecular flexibility index (Phi) is 3.36. The van der Waals surface area contributed by atoms with Gasteiger partial charge in [0.25, 0.3) is 0 Å². The van der Waals surface area contributed by atoms with E-state index >= 15 is 0 Å². The lowest BCUT2D eigenvalue weighted by Gasteiger charge is -2.10. The van der Waals surface area contributed by atoms with E-state index in [1.165, 1.54) is 6.33 Å². The Morgan fingerprint density at radius 3 is 2.72 bits per heavy atom. The van der Waals surface area contributed by atoms with Gasteiger partial charge in [-0.3, -0.25) is 4.79 Å². The van der Waals surface area contributed by atoms with Gasteiger partial charge in [0.15, 0.2) is 0 Å². The fraction of sp³-hybridized carbons (Fsp3) is 0.333. The van der Waals surface area contributed by atoms with Crippen LogP contribution in [0.5, 0.6) is 0 Å². The zero-order valence-corrected chi connectivity index (χ0v) is 10.6. The summed E-state index contributed by atoms with van der Waals surface area (Å²) in [6.45, 7) is 5.66. The Morgan fingerprint density at radius 1 is 1.39 bits per heavy atom. The molecular weight excluding hydrogens is 230 g/mol. The predicted molar refractivity (Wildman–Crippen MR) is 67.4 cm³/mol. The maximum Gasteiger partial charge on any atom is 0.226 e. The summed E-state index contributed by atoms with van der Waals surface area (Å²) < 4.78 is 1.59. The second-order valence-electron chi connectivity index (χ2n) is 4.40. The minimum atomic E-state index is -0.0375. The third kappa shape index (κ3) is 2.53. The van der Waals surface area contributed by atoms with E-state index in [-0.39, 0.29) is 11.8 Å². The first-order valence-electron chi connectivity index (χ1n) is 5.73. The van der Waals surface area contributed by atoms with Crippen LogP contribution in [-0.2, 0) is 4.79 Å². The summed E-state index contributed by atoms with van der Waals surface area (Å²) in [6, 6.07) is 5.61. The highest BCUT2D eigenvalue weighted by Gasteiger charge is 2.08. The van der Waals surface area contributed by atoms with E-state index < -0.39 is 0 Å². The number of rotatable bonds is 3. The molecule has 94 valence electrons. The van der Waals surface area contributed by atoms with Crippen molar-refractivity contribution in [2.75, 3.05) is 5.32 Å². The Morgan fingerprint density at radius 2 is 2.17 bits per heavy atom. The average Bonchev–Trinajstić information content (AvgIpc) is 2.82. The number of hydrogen-bond donors (Lipinski definition) is 1. The molecule has 0 aliphatic heterocycles. The summed E-state index contributed by atoms with van der Waals surface area (Å²) in [6.07, 6.45) is 1.54. The van der Waals surface area contributed by atoms with Crippen molar-refractivity contribution in [3.05, 3.63) is 30.1 Å². The zero-order valence-electron chi connectivity index (χ0n) is 10.6. The van der Waals surface area contributed by atoms with Crippen LogP contribution in [0.15, 0.2) is 24.5 Å². The Balaban J connectivity index is 2.23. The van der Waals surface area contributed by atoms with Crippen LogP contribution in [0.3, 0.4) is 0 Å². The van der Waals surface area contributed by atoms with E-state index in [1.807, 2.05) is 39.0 Å². The van der Waals surface area contributed by atoms with E-state index in [9.17, 15) is 4.79 Å². The van der Waals surface area contributed by atoms with Crippen molar-refractivity contribution in [1.29, 1.82) is 0 Å². The van der Waals surface area contributed by atoms with Crippen LogP contribution >= 0.6 is 0 Å². The first kappa shape index (κ1) is 12.2. The van der Waals surface area contributed by atoms with E-state index in [1.54, 1.807) is 4.68 Å². The van der Waals surface area contributed by atoms with Gasteiger partial charge in [0.1, 0.15) is 6.33 Å². The maximum atomic E-state index is 11.6. The van der Waals surface area contributed by atoms with Gasteiger partial charge in [0, 0.05) is 11.6 Å². The van der Waals surface area contributed by atoms with Gasteiger partial charge in [-0.15, -0.1) is 5.10 Å². The SMILES string of the molecule is Cc1cc(NC(=O)C(C)C)ccc1-n1cnnn1. The number of nitrogens with zero attached hydrogens (tertiary/aromatic N) is 4. The molecule has 0 radical (unpaired) electrons. The lowest BCUT2D eigenvalue weighted by atomic mass is 10.1. The van der Waals surface area contributed by atoms with Crippen molar-refractivity contribution in [1.82, 2.24) is 20.2 Å². The monoisotopic (exact) mass is 245 g/mol. The van der Waals surface area contributed by atoms with Crippen LogP contribution in [0, 0.1) is 12.8 Å². The highest BCUT2D eigenvalue weighted by atomic mass is 16.1. The molecule has 1 aromatic carbocycles. The van der Waals surface area contributed by atoms with E-state index in [0.717, 1.165) is 16.9 Å². The number of benzene rings is 1. The number of hydrogen-bond acceptors (Lipinski definition) is 4. The second-order valence-corrected chi connectivity index (χ2v) is 4.40. The molecule has 1 N–H and O–H groups in total. The number of carbonyl (C=O) groups excluding carboxylic acids is 1. The average molecular weight is 245 g/mol. The number of nitrogens with one attached hydrogen (secondary N) is 1. The van der Waals surface area contributed by atoms with Crippen molar-refractivity contribution in [2.45, 2.75) is 20.8 Å². The molecule has 1 heterocycles. The van der Waals surface area contributed by atoms with Crippen LogP contribution in [0.2, 0.25) is 0 Å². The van der Waals surface area contributed by atoms with Gasteiger partial charge in [-0.1, -0.05) is 13.8 Å². The van der Waals surface area contributed by atoms with Gasteiger partial charge in [-0.2, -0.15) is 0 Å². The highest BCUT2D eigenvalue weighted by molar-refractivity contribution is 5.92. The number of tetrazole rings is 1. The molecule has 1 aromatic heterocycles. The van der Waals surface area contributed by atoms with Gasteiger partial charge >= 0.3 is 0 Å². The lowest BCUT2D eigenvalue weighted by Crippen LogP contribution is -2.17. The summed E-state index contributed by atoms with van der Waals surface area (Å²) in [5, 5.41) is 13.9. The molecule has 2 aromatic rings. The van der Waals surface area contributed by atoms with Gasteiger partial charge in [0.2, 0.25) is 5.91 Å². The molecule has 0 spiro atoms. The predicted octanol–water partition coefficient (Wildman–Crippen LogP) is 1.57. The van der Waals surface area contributed by atoms with E-state index in [4.69, 9.17) is 0 Å². The summed E-state index contributed by atoms with van der Waals surface area (Å²) >= 11 is 0. The lowest BCUT2D eigenvalue weighted by molar-refractivity contribution is -0.118. The summed E-state index contributed by atoms with van der Waals surface area (Å²) in [5.74, 6) is -0.0333. The molecule has 0 saturated heterocycles. The Bertz CT molecular complexity index is 548.